The summed E-state index contributed by atoms with van der Waals surface area (Å²) >= 11 is 0. The SMILES string of the molecule is c1ccc(P(CC[C@@H](CP(c2ccccc2)c2ccccc2)P(c2ccccc2)c2ccccc2)c2ccccc2)cc1. The van der Waals surface area contributed by atoms with Gasteiger partial charge < -0.3 is 0 Å². The second-order valence-corrected chi connectivity index (χ2v) is 17.7. The molecule has 0 nitrogen and oxygen atoms in total. The Morgan fingerprint density at radius 2 is 0.605 bits per heavy atom. The summed E-state index contributed by atoms with van der Waals surface area (Å²) in [6.07, 6.45) is 3.54. The van der Waals surface area contributed by atoms with Crippen LogP contribution in [0.5, 0.6) is 0 Å². The maximum absolute atomic E-state index is 2.37. The molecule has 3 heteroatoms. The van der Waals surface area contributed by atoms with E-state index >= 15 is 0 Å². The molecule has 0 fully saturated rings. The van der Waals surface area contributed by atoms with Crippen molar-refractivity contribution in [3.8, 4) is 0 Å². The molecule has 0 spiro atoms. The van der Waals surface area contributed by atoms with Crippen LogP contribution in [0.4, 0.5) is 0 Å². The lowest BCUT2D eigenvalue weighted by atomic mass is 10.3. The highest BCUT2D eigenvalue weighted by Gasteiger charge is 2.30. The Morgan fingerprint density at radius 3 is 0.930 bits per heavy atom. The summed E-state index contributed by atoms with van der Waals surface area (Å²) in [4.78, 5) is 0. The van der Waals surface area contributed by atoms with E-state index in [0.717, 1.165) is 0 Å². The average molecular weight is 611 g/mol. The van der Waals surface area contributed by atoms with Crippen LogP contribution in [0.15, 0.2) is 182 Å². The number of hydrogen-bond donors (Lipinski definition) is 0. The first-order chi connectivity index (χ1) is 21.4. The Hall–Kier alpha value is -3.39. The minimum Gasteiger partial charge on any atom is -0.0622 e. The third kappa shape index (κ3) is 7.77. The van der Waals surface area contributed by atoms with E-state index in [1.165, 1.54) is 50.6 Å². The highest BCUT2D eigenvalue weighted by atomic mass is 31.1. The van der Waals surface area contributed by atoms with E-state index in [0.29, 0.717) is 5.66 Å². The summed E-state index contributed by atoms with van der Waals surface area (Å²) in [5.41, 5.74) is 0.531. The van der Waals surface area contributed by atoms with Gasteiger partial charge in [-0.05, 0) is 80.0 Å². The molecule has 0 saturated heterocycles. The molecule has 6 rings (SSSR count). The van der Waals surface area contributed by atoms with Crippen LogP contribution in [0, 0.1) is 0 Å². The zero-order chi connectivity index (χ0) is 29.1. The normalized spacial score (nSPS) is 12.1. The van der Waals surface area contributed by atoms with Gasteiger partial charge in [-0.25, -0.2) is 0 Å². The van der Waals surface area contributed by atoms with Crippen molar-refractivity contribution in [3.05, 3.63) is 182 Å². The molecular formula is C40H37P3. The van der Waals surface area contributed by atoms with Crippen LogP contribution in [-0.2, 0) is 0 Å². The zero-order valence-corrected chi connectivity index (χ0v) is 27.0. The smallest absolute Gasteiger partial charge is 0.00799 e. The van der Waals surface area contributed by atoms with Crippen molar-refractivity contribution in [2.45, 2.75) is 12.1 Å². The van der Waals surface area contributed by atoms with Gasteiger partial charge in [0.2, 0.25) is 0 Å². The molecule has 43 heavy (non-hydrogen) atoms. The van der Waals surface area contributed by atoms with Crippen LogP contribution in [0.1, 0.15) is 6.42 Å². The monoisotopic (exact) mass is 610 g/mol. The van der Waals surface area contributed by atoms with Crippen LogP contribution in [-0.4, -0.2) is 18.0 Å². The molecule has 1 atom stereocenters. The van der Waals surface area contributed by atoms with E-state index < -0.39 is 23.8 Å². The molecule has 0 aliphatic carbocycles. The highest BCUT2D eigenvalue weighted by molar-refractivity contribution is 7.77. The van der Waals surface area contributed by atoms with Gasteiger partial charge in [-0.1, -0.05) is 182 Å². The first kappa shape index (κ1) is 29.7. The second kappa shape index (κ2) is 15.4. The zero-order valence-electron chi connectivity index (χ0n) is 24.4. The molecule has 0 amide bonds. The van der Waals surface area contributed by atoms with E-state index in [1.54, 1.807) is 0 Å². The van der Waals surface area contributed by atoms with Gasteiger partial charge >= 0.3 is 0 Å². The minimum atomic E-state index is -0.569. The van der Waals surface area contributed by atoms with Gasteiger partial charge in [0.05, 0.1) is 0 Å². The predicted molar refractivity (Wildman–Crippen MR) is 195 cm³/mol. The van der Waals surface area contributed by atoms with Gasteiger partial charge in [-0.15, -0.1) is 0 Å². The summed E-state index contributed by atoms with van der Waals surface area (Å²) in [7, 11) is -1.55. The van der Waals surface area contributed by atoms with Gasteiger partial charge in [0.1, 0.15) is 0 Å². The fourth-order valence-electron chi connectivity index (χ4n) is 5.74. The quantitative estimate of drug-likeness (QED) is 0.123. The molecule has 0 aromatic heterocycles. The molecule has 212 valence electrons. The summed E-state index contributed by atoms with van der Waals surface area (Å²) < 4.78 is 0. The molecule has 6 aromatic rings. The Labute approximate surface area is 261 Å². The topological polar surface area (TPSA) is 0 Å². The lowest BCUT2D eigenvalue weighted by molar-refractivity contribution is 0.914. The van der Waals surface area contributed by atoms with Gasteiger partial charge in [0.15, 0.2) is 0 Å². The van der Waals surface area contributed by atoms with Crippen molar-refractivity contribution < 1.29 is 0 Å². The summed E-state index contributed by atoms with van der Waals surface area (Å²) in [6, 6.07) is 67.7. The summed E-state index contributed by atoms with van der Waals surface area (Å²) in [5.74, 6) is 0. The highest BCUT2D eigenvalue weighted by Crippen LogP contribution is 2.49. The minimum absolute atomic E-state index is 0.462. The second-order valence-electron chi connectivity index (χ2n) is 10.6. The van der Waals surface area contributed by atoms with E-state index in [1.807, 2.05) is 0 Å². The largest absolute Gasteiger partial charge is 0.0622 e. The molecule has 0 aliphatic heterocycles. The lowest BCUT2D eigenvalue weighted by Gasteiger charge is -2.33. The van der Waals surface area contributed by atoms with Crippen molar-refractivity contribution in [1.29, 1.82) is 0 Å². The third-order valence-corrected chi connectivity index (χ3v) is 16.1. The van der Waals surface area contributed by atoms with Crippen LogP contribution in [0.2, 0.25) is 0 Å². The molecular weight excluding hydrogens is 573 g/mol. The van der Waals surface area contributed by atoms with Crippen molar-refractivity contribution in [1.82, 2.24) is 0 Å². The summed E-state index contributed by atoms with van der Waals surface area (Å²) in [5, 5.41) is 8.84. The first-order valence-electron chi connectivity index (χ1n) is 15.0. The van der Waals surface area contributed by atoms with Gasteiger partial charge in [0, 0.05) is 0 Å². The number of benzene rings is 6. The first-order valence-corrected chi connectivity index (χ1v) is 19.5. The Balaban J connectivity index is 1.43. The van der Waals surface area contributed by atoms with Gasteiger partial charge in [0.25, 0.3) is 0 Å². The molecule has 0 aliphatic rings. The van der Waals surface area contributed by atoms with Crippen molar-refractivity contribution >= 4 is 55.6 Å². The average Bonchev–Trinajstić information content (AvgIpc) is 3.10. The van der Waals surface area contributed by atoms with Crippen LogP contribution in [0.3, 0.4) is 0 Å². The van der Waals surface area contributed by atoms with Crippen molar-refractivity contribution in [3.63, 3.8) is 0 Å². The van der Waals surface area contributed by atoms with E-state index in [-0.39, 0.29) is 0 Å². The fourth-order valence-corrected chi connectivity index (χ4v) is 14.4. The van der Waals surface area contributed by atoms with Crippen molar-refractivity contribution in [2.24, 2.45) is 0 Å². The molecule has 0 saturated carbocycles. The molecule has 0 heterocycles. The molecule has 0 N–H and O–H groups in total. The van der Waals surface area contributed by atoms with Crippen molar-refractivity contribution in [2.75, 3.05) is 12.3 Å². The van der Waals surface area contributed by atoms with Crippen LogP contribution < -0.4 is 31.8 Å². The molecule has 0 bridgehead atoms. The van der Waals surface area contributed by atoms with Gasteiger partial charge in [-0.3, -0.25) is 0 Å². The summed E-state index contributed by atoms with van der Waals surface area (Å²) in [6.45, 7) is 0. The molecule has 0 unspecified atom stereocenters. The Morgan fingerprint density at radius 1 is 0.326 bits per heavy atom. The molecule has 0 radical (unpaired) electrons. The van der Waals surface area contributed by atoms with E-state index in [4.69, 9.17) is 0 Å². The van der Waals surface area contributed by atoms with Crippen LogP contribution in [0.25, 0.3) is 0 Å². The van der Waals surface area contributed by atoms with Gasteiger partial charge in [-0.2, -0.15) is 0 Å². The maximum Gasteiger partial charge on any atom is -0.00799 e. The standard InChI is InChI=1S/C40H37P3/c1-7-19-34(20-8-1)41(35-21-9-2-10-22-35)32-31-40(43(38-27-15-5-16-28-38)39-29-17-6-18-30-39)33-42(36-23-11-3-12-24-36)37-25-13-4-14-26-37/h1-30,40H,31-33H2/t40-/m0/s1. The Kier molecular flexibility index (Phi) is 10.6. The lowest BCUT2D eigenvalue weighted by Crippen LogP contribution is -2.29. The maximum atomic E-state index is 2.37. The number of rotatable bonds is 12. The molecule has 6 aromatic carbocycles. The predicted octanol–water partition coefficient (Wildman–Crippen LogP) is 8.14. The van der Waals surface area contributed by atoms with Crippen LogP contribution >= 0.6 is 23.8 Å². The van der Waals surface area contributed by atoms with E-state index in [9.17, 15) is 0 Å². The fraction of sp³-hybridized carbons (Fsp3) is 0.100. The number of hydrogen-bond acceptors (Lipinski definition) is 0. The van der Waals surface area contributed by atoms with E-state index in [2.05, 4.69) is 182 Å². The Bertz CT molecular complexity index is 1510. The third-order valence-electron chi connectivity index (χ3n) is 7.78.